The Hall–Kier alpha value is -2.83. The molecule has 0 aliphatic carbocycles. The molecular formula is C17H21N3O4. The number of carbonyl (C=O) groups excluding carboxylic acids is 1. The normalized spacial score (nSPS) is 13.2. The van der Waals surface area contributed by atoms with Crippen molar-refractivity contribution >= 4 is 11.9 Å². The lowest BCUT2D eigenvalue weighted by Crippen LogP contribution is -2.45. The van der Waals surface area contributed by atoms with Crippen molar-refractivity contribution in [2.24, 2.45) is 7.05 Å². The van der Waals surface area contributed by atoms with Crippen LogP contribution in [0.25, 0.3) is 0 Å². The number of benzene rings is 1. The molecule has 0 bridgehead atoms. The number of aryl methyl sites for hydroxylation is 2. The van der Waals surface area contributed by atoms with Crippen molar-refractivity contribution in [1.29, 1.82) is 0 Å². The molecular weight excluding hydrogens is 310 g/mol. The van der Waals surface area contributed by atoms with Crippen molar-refractivity contribution in [3.8, 4) is 5.75 Å². The first-order chi connectivity index (χ1) is 11.2. The number of nitrogens with one attached hydrogen (secondary N) is 1. The van der Waals surface area contributed by atoms with Gasteiger partial charge in [-0.2, -0.15) is 5.10 Å². The average Bonchev–Trinajstić information content (AvgIpc) is 2.86. The molecule has 2 rings (SSSR count). The van der Waals surface area contributed by atoms with Crippen molar-refractivity contribution in [1.82, 2.24) is 15.1 Å². The lowest BCUT2D eigenvalue weighted by atomic mass is 9.88. The fourth-order valence-corrected chi connectivity index (χ4v) is 2.47. The third-order valence-corrected chi connectivity index (χ3v) is 3.95. The SMILES string of the molecule is COc1cccc(C(C)(CC(=O)O)NC(=O)c2cc(C)n(C)n2)c1. The van der Waals surface area contributed by atoms with Gasteiger partial charge in [-0.05, 0) is 37.6 Å². The van der Waals surface area contributed by atoms with Gasteiger partial charge in [0.2, 0.25) is 0 Å². The maximum Gasteiger partial charge on any atom is 0.306 e. The van der Waals surface area contributed by atoms with Crippen LogP contribution in [0.1, 0.15) is 35.1 Å². The number of aromatic nitrogens is 2. The standard InChI is InChI=1S/C17H21N3O4/c1-11-8-14(19-20(11)3)16(23)18-17(2,10-15(21)22)12-6-5-7-13(9-12)24-4/h5-9H,10H2,1-4H3,(H,18,23)(H,21,22). The van der Waals surface area contributed by atoms with E-state index in [1.54, 1.807) is 49.0 Å². The van der Waals surface area contributed by atoms with E-state index in [1.807, 2.05) is 6.92 Å². The molecule has 0 radical (unpaired) electrons. The Bertz CT molecular complexity index is 749. The van der Waals surface area contributed by atoms with Gasteiger partial charge in [-0.25, -0.2) is 0 Å². The van der Waals surface area contributed by atoms with E-state index in [1.165, 1.54) is 7.11 Å². The summed E-state index contributed by atoms with van der Waals surface area (Å²) >= 11 is 0. The summed E-state index contributed by atoms with van der Waals surface area (Å²) in [5.41, 5.74) is 0.629. The monoisotopic (exact) mass is 331 g/mol. The van der Waals surface area contributed by atoms with E-state index in [0.717, 1.165) is 5.69 Å². The molecule has 0 saturated carbocycles. The third kappa shape index (κ3) is 3.73. The molecule has 0 aliphatic rings. The molecule has 1 heterocycles. The molecule has 0 fully saturated rings. The Morgan fingerprint density at radius 3 is 2.62 bits per heavy atom. The van der Waals surface area contributed by atoms with Gasteiger partial charge in [0.1, 0.15) is 11.4 Å². The van der Waals surface area contributed by atoms with Crippen LogP contribution >= 0.6 is 0 Å². The Morgan fingerprint density at radius 2 is 2.08 bits per heavy atom. The van der Waals surface area contributed by atoms with Gasteiger partial charge in [-0.15, -0.1) is 0 Å². The molecule has 24 heavy (non-hydrogen) atoms. The molecule has 0 spiro atoms. The predicted molar refractivity (Wildman–Crippen MR) is 88.0 cm³/mol. The molecule has 0 saturated heterocycles. The summed E-state index contributed by atoms with van der Waals surface area (Å²) in [6.07, 6.45) is -0.266. The second-order valence-corrected chi connectivity index (χ2v) is 5.88. The average molecular weight is 331 g/mol. The highest BCUT2D eigenvalue weighted by Crippen LogP contribution is 2.28. The quantitative estimate of drug-likeness (QED) is 0.842. The van der Waals surface area contributed by atoms with E-state index in [-0.39, 0.29) is 12.1 Å². The topological polar surface area (TPSA) is 93.5 Å². The zero-order valence-electron chi connectivity index (χ0n) is 14.2. The number of carbonyl (C=O) groups is 2. The summed E-state index contributed by atoms with van der Waals surface area (Å²) in [5, 5.41) is 16.2. The van der Waals surface area contributed by atoms with Crippen LogP contribution in [0.5, 0.6) is 5.75 Å². The number of carboxylic acid groups (broad SMARTS) is 1. The maximum absolute atomic E-state index is 12.5. The predicted octanol–water partition coefficient (Wildman–Crippen LogP) is 1.86. The van der Waals surface area contributed by atoms with E-state index in [4.69, 9.17) is 4.74 Å². The van der Waals surface area contributed by atoms with E-state index < -0.39 is 17.4 Å². The molecule has 2 N–H and O–H groups in total. The van der Waals surface area contributed by atoms with Gasteiger partial charge in [-0.3, -0.25) is 14.3 Å². The molecule has 0 aliphatic heterocycles. The lowest BCUT2D eigenvalue weighted by Gasteiger charge is -2.30. The number of nitrogens with zero attached hydrogens (tertiary/aromatic N) is 2. The molecule has 1 amide bonds. The number of amides is 1. The lowest BCUT2D eigenvalue weighted by molar-refractivity contribution is -0.138. The van der Waals surface area contributed by atoms with Crippen LogP contribution in [0.15, 0.2) is 30.3 Å². The first-order valence-electron chi connectivity index (χ1n) is 7.44. The largest absolute Gasteiger partial charge is 0.497 e. The van der Waals surface area contributed by atoms with E-state index in [0.29, 0.717) is 11.3 Å². The molecule has 1 aromatic heterocycles. The Balaban J connectivity index is 2.36. The highest BCUT2D eigenvalue weighted by molar-refractivity contribution is 5.93. The van der Waals surface area contributed by atoms with E-state index in [9.17, 15) is 14.7 Å². The van der Waals surface area contributed by atoms with Crippen LogP contribution in [0.4, 0.5) is 0 Å². The number of carboxylic acids is 1. The first kappa shape index (κ1) is 17.5. The Morgan fingerprint density at radius 1 is 1.38 bits per heavy atom. The molecule has 2 aromatic rings. The zero-order chi connectivity index (χ0) is 17.9. The van der Waals surface area contributed by atoms with Gasteiger partial charge in [-0.1, -0.05) is 12.1 Å². The van der Waals surface area contributed by atoms with Crippen molar-refractivity contribution in [3.05, 3.63) is 47.3 Å². The zero-order valence-corrected chi connectivity index (χ0v) is 14.2. The van der Waals surface area contributed by atoms with Gasteiger partial charge in [0.05, 0.1) is 19.1 Å². The summed E-state index contributed by atoms with van der Waals surface area (Å²) in [6.45, 7) is 3.51. The van der Waals surface area contributed by atoms with Crippen molar-refractivity contribution in [3.63, 3.8) is 0 Å². The third-order valence-electron chi connectivity index (χ3n) is 3.95. The van der Waals surface area contributed by atoms with E-state index >= 15 is 0 Å². The second-order valence-electron chi connectivity index (χ2n) is 5.88. The highest BCUT2D eigenvalue weighted by Gasteiger charge is 2.33. The first-order valence-corrected chi connectivity index (χ1v) is 7.44. The maximum atomic E-state index is 12.5. The second kappa shape index (κ2) is 6.74. The fourth-order valence-electron chi connectivity index (χ4n) is 2.47. The summed E-state index contributed by atoms with van der Waals surface area (Å²) in [4.78, 5) is 23.8. The van der Waals surface area contributed by atoms with Crippen molar-refractivity contribution < 1.29 is 19.4 Å². The minimum atomic E-state index is -1.09. The van der Waals surface area contributed by atoms with Crippen LogP contribution in [-0.2, 0) is 17.4 Å². The van der Waals surface area contributed by atoms with Crippen LogP contribution in [0.2, 0.25) is 0 Å². The summed E-state index contributed by atoms with van der Waals surface area (Å²) in [6, 6.07) is 8.64. The van der Waals surface area contributed by atoms with Crippen LogP contribution in [-0.4, -0.2) is 33.9 Å². The van der Waals surface area contributed by atoms with Crippen molar-refractivity contribution in [2.75, 3.05) is 7.11 Å². The fraction of sp³-hybridized carbons (Fsp3) is 0.353. The molecule has 7 nitrogen and oxygen atoms in total. The Labute approximate surface area is 140 Å². The molecule has 1 unspecified atom stereocenters. The Kier molecular flexibility index (Phi) is 4.92. The number of aliphatic carboxylic acids is 1. The number of rotatable bonds is 6. The van der Waals surface area contributed by atoms with Gasteiger partial charge < -0.3 is 15.2 Å². The summed E-state index contributed by atoms with van der Waals surface area (Å²) in [5.74, 6) is -0.852. The van der Waals surface area contributed by atoms with E-state index in [2.05, 4.69) is 10.4 Å². The van der Waals surface area contributed by atoms with Gasteiger partial charge in [0, 0.05) is 12.7 Å². The van der Waals surface area contributed by atoms with Crippen LogP contribution in [0, 0.1) is 6.92 Å². The summed E-state index contributed by atoms with van der Waals surface area (Å²) < 4.78 is 6.78. The summed E-state index contributed by atoms with van der Waals surface area (Å²) in [7, 11) is 3.27. The van der Waals surface area contributed by atoms with Gasteiger partial charge in [0.15, 0.2) is 0 Å². The van der Waals surface area contributed by atoms with Crippen LogP contribution in [0.3, 0.4) is 0 Å². The van der Waals surface area contributed by atoms with Gasteiger partial charge in [0.25, 0.3) is 5.91 Å². The van der Waals surface area contributed by atoms with Crippen molar-refractivity contribution in [2.45, 2.75) is 25.8 Å². The molecule has 7 heteroatoms. The molecule has 1 aromatic carbocycles. The number of hydrogen-bond acceptors (Lipinski definition) is 4. The molecule has 1 atom stereocenters. The number of hydrogen-bond donors (Lipinski definition) is 2. The minimum absolute atomic E-state index is 0.245. The van der Waals surface area contributed by atoms with Crippen LogP contribution < -0.4 is 10.1 Å². The smallest absolute Gasteiger partial charge is 0.306 e. The van der Waals surface area contributed by atoms with Gasteiger partial charge >= 0.3 is 5.97 Å². The molecule has 128 valence electrons. The number of ether oxygens (including phenoxy) is 1. The minimum Gasteiger partial charge on any atom is -0.497 e. The number of methoxy groups -OCH3 is 1. The highest BCUT2D eigenvalue weighted by atomic mass is 16.5.